The SMILES string of the molecule is COc1ccc(C)cc1[N-]S(=O)(=O)CC(C)C. The highest BCUT2D eigenvalue weighted by atomic mass is 32.2. The second-order valence-electron chi connectivity index (χ2n) is 4.41. The minimum absolute atomic E-state index is 0.0457. The fraction of sp³-hybridized carbons (Fsp3) is 0.500. The molecular weight excluding hydrogens is 238 g/mol. The zero-order chi connectivity index (χ0) is 13.1. The maximum atomic E-state index is 11.8. The molecule has 96 valence electrons. The third-order valence-electron chi connectivity index (χ3n) is 2.12. The summed E-state index contributed by atoms with van der Waals surface area (Å²) in [6.07, 6.45) is 0. The van der Waals surface area contributed by atoms with Gasteiger partial charge in [0, 0.05) is 5.75 Å². The van der Waals surface area contributed by atoms with Crippen LogP contribution in [0.5, 0.6) is 5.75 Å². The van der Waals surface area contributed by atoms with Gasteiger partial charge in [-0.25, -0.2) is 8.42 Å². The first-order valence-electron chi connectivity index (χ1n) is 5.44. The van der Waals surface area contributed by atoms with Gasteiger partial charge in [0.25, 0.3) is 0 Å². The van der Waals surface area contributed by atoms with Gasteiger partial charge in [-0.05, 0) is 18.9 Å². The lowest BCUT2D eigenvalue weighted by molar-refractivity contribution is 0.417. The summed E-state index contributed by atoms with van der Waals surface area (Å²) in [5.41, 5.74) is 1.32. The molecule has 0 atom stereocenters. The summed E-state index contributed by atoms with van der Waals surface area (Å²) in [6.45, 7) is 5.58. The van der Waals surface area contributed by atoms with Crippen LogP contribution in [0.4, 0.5) is 5.69 Å². The molecule has 0 N–H and O–H groups in total. The highest BCUT2D eigenvalue weighted by Gasteiger charge is 2.05. The molecule has 0 aromatic heterocycles. The predicted octanol–water partition coefficient (Wildman–Crippen LogP) is 2.99. The van der Waals surface area contributed by atoms with Gasteiger partial charge in [-0.15, -0.1) is 0 Å². The second-order valence-corrected chi connectivity index (χ2v) is 6.09. The van der Waals surface area contributed by atoms with Crippen LogP contribution >= 0.6 is 0 Å². The van der Waals surface area contributed by atoms with Gasteiger partial charge in [0.05, 0.1) is 17.1 Å². The Hall–Kier alpha value is -1.23. The monoisotopic (exact) mass is 256 g/mol. The number of benzene rings is 1. The summed E-state index contributed by atoms with van der Waals surface area (Å²) < 4.78 is 32.4. The van der Waals surface area contributed by atoms with Crippen molar-refractivity contribution in [3.63, 3.8) is 0 Å². The van der Waals surface area contributed by atoms with Crippen molar-refractivity contribution in [3.8, 4) is 5.75 Å². The Bertz CT molecular complexity index is 481. The molecule has 0 fully saturated rings. The van der Waals surface area contributed by atoms with Crippen molar-refractivity contribution in [1.82, 2.24) is 0 Å². The van der Waals surface area contributed by atoms with E-state index in [-0.39, 0.29) is 11.7 Å². The Morgan fingerprint density at radius 2 is 2.00 bits per heavy atom. The number of nitrogens with zero attached hydrogens (tertiary/aromatic N) is 1. The van der Waals surface area contributed by atoms with Gasteiger partial charge >= 0.3 is 0 Å². The normalized spacial score (nSPS) is 11.6. The van der Waals surface area contributed by atoms with Crippen molar-refractivity contribution in [3.05, 3.63) is 28.5 Å². The maximum absolute atomic E-state index is 11.8. The minimum atomic E-state index is -3.44. The molecule has 4 nitrogen and oxygen atoms in total. The van der Waals surface area contributed by atoms with Crippen molar-refractivity contribution in [2.45, 2.75) is 20.8 Å². The molecule has 5 heteroatoms. The van der Waals surface area contributed by atoms with Gasteiger partial charge in [0.2, 0.25) is 0 Å². The van der Waals surface area contributed by atoms with Crippen LogP contribution in [-0.2, 0) is 10.0 Å². The molecule has 1 aromatic carbocycles. The van der Waals surface area contributed by atoms with Crippen LogP contribution in [0.2, 0.25) is 0 Å². The van der Waals surface area contributed by atoms with E-state index in [1.165, 1.54) is 7.11 Å². The zero-order valence-electron chi connectivity index (χ0n) is 10.6. The van der Waals surface area contributed by atoms with Gasteiger partial charge in [0.15, 0.2) is 0 Å². The highest BCUT2D eigenvalue weighted by Crippen LogP contribution is 2.34. The molecular formula is C12H18NO3S-. The van der Waals surface area contributed by atoms with E-state index in [1.807, 2.05) is 26.8 Å². The number of hydrogen-bond acceptors (Lipinski definition) is 3. The Labute approximate surface area is 103 Å². The first-order chi connectivity index (χ1) is 7.84. The van der Waals surface area contributed by atoms with E-state index in [9.17, 15) is 8.42 Å². The fourth-order valence-corrected chi connectivity index (χ4v) is 2.84. The molecule has 0 aliphatic heterocycles. The Morgan fingerprint density at radius 3 is 2.53 bits per heavy atom. The van der Waals surface area contributed by atoms with Crippen molar-refractivity contribution < 1.29 is 13.2 Å². The van der Waals surface area contributed by atoms with Crippen molar-refractivity contribution in [1.29, 1.82) is 0 Å². The largest absolute Gasteiger partial charge is 0.574 e. The number of rotatable bonds is 5. The predicted molar refractivity (Wildman–Crippen MR) is 69.4 cm³/mol. The fourth-order valence-electron chi connectivity index (χ4n) is 1.48. The zero-order valence-corrected chi connectivity index (χ0v) is 11.4. The van der Waals surface area contributed by atoms with Crippen LogP contribution in [0.3, 0.4) is 0 Å². The molecule has 0 spiro atoms. The second kappa shape index (κ2) is 5.40. The Kier molecular flexibility index (Phi) is 4.40. The van der Waals surface area contributed by atoms with E-state index in [4.69, 9.17) is 4.74 Å². The number of hydrogen-bond donors (Lipinski definition) is 0. The summed E-state index contributed by atoms with van der Waals surface area (Å²) in [4.78, 5) is 0. The van der Waals surface area contributed by atoms with E-state index in [2.05, 4.69) is 4.72 Å². The van der Waals surface area contributed by atoms with E-state index < -0.39 is 10.0 Å². The van der Waals surface area contributed by atoms with Crippen molar-refractivity contribution in [2.75, 3.05) is 12.9 Å². The van der Waals surface area contributed by atoms with Crippen LogP contribution < -0.4 is 4.74 Å². The number of sulfonamides is 1. The van der Waals surface area contributed by atoms with Crippen LogP contribution in [0.15, 0.2) is 18.2 Å². The quantitative estimate of drug-likeness (QED) is 0.813. The third-order valence-corrected chi connectivity index (χ3v) is 3.68. The molecule has 1 rings (SSSR count). The van der Waals surface area contributed by atoms with Gasteiger partial charge in [-0.1, -0.05) is 37.2 Å². The number of methoxy groups -OCH3 is 1. The first kappa shape index (κ1) is 13.8. The average Bonchev–Trinajstić information content (AvgIpc) is 2.14. The van der Waals surface area contributed by atoms with Gasteiger partial charge in [-0.2, -0.15) is 0 Å². The van der Waals surface area contributed by atoms with Crippen LogP contribution in [-0.4, -0.2) is 21.3 Å². The summed E-state index contributed by atoms with van der Waals surface area (Å²) in [7, 11) is -1.94. The summed E-state index contributed by atoms with van der Waals surface area (Å²) in [5.74, 6) is 0.576. The molecule has 0 amide bonds. The molecule has 0 heterocycles. The van der Waals surface area contributed by atoms with Gasteiger partial charge in [0.1, 0.15) is 5.75 Å². The summed E-state index contributed by atoms with van der Waals surface area (Å²) in [5, 5.41) is 0. The van der Waals surface area contributed by atoms with E-state index in [0.29, 0.717) is 11.4 Å². The molecule has 1 aromatic rings. The van der Waals surface area contributed by atoms with Gasteiger partial charge in [-0.3, -0.25) is 0 Å². The summed E-state index contributed by atoms with van der Waals surface area (Å²) >= 11 is 0. The lowest BCUT2D eigenvalue weighted by atomic mass is 10.2. The maximum Gasteiger partial charge on any atom is 0.104 e. The number of ether oxygens (including phenoxy) is 1. The summed E-state index contributed by atoms with van der Waals surface area (Å²) in [6, 6.07) is 5.28. The molecule has 0 aliphatic rings. The van der Waals surface area contributed by atoms with Crippen molar-refractivity contribution >= 4 is 15.7 Å². The smallest absolute Gasteiger partial charge is 0.104 e. The molecule has 0 aliphatic carbocycles. The molecule has 0 unspecified atom stereocenters. The topological polar surface area (TPSA) is 57.5 Å². The minimum Gasteiger partial charge on any atom is -0.574 e. The molecule has 0 saturated heterocycles. The lowest BCUT2D eigenvalue weighted by Crippen LogP contribution is -2.09. The van der Waals surface area contributed by atoms with Crippen LogP contribution in [0, 0.1) is 12.8 Å². The Morgan fingerprint density at radius 1 is 1.35 bits per heavy atom. The van der Waals surface area contributed by atoms with Crippen molar-refractivity contribution in [2.24, 2.45) is 5.92 Å². The molecule has 17 heavy (non-hydrogen) atoms. The highest BCUT2D eigenvalue weighted by molar-refractivity contribution is 7.94. The lowest BCUT2D eigenvalue weighted by Gasteiger charge is -2.25. The standard InChI is InChI=1S/C12H18NO3S/c1-9(2)8-17(14,15)13-11-7-10(3)5-6-12(11)16-4/h5-7,9H,8H2,1-4H3/q-1. The molecule has 0 radical (unpaired) electrons. The average molecular weight is 256 g/mol. The first-order valence-corrected chi connectivity index (χ1v) is 7.05. The van der Waals surface area contributed by atoms with Gasteiger partial charge < -0.3 is 9.46 Å². The van der Waals surface area contributed by atoms with E-state index >= 15 is 0 Å². The molecule has 0 saturated carbocycles. The van der Waals surface area contributed by atoms with E-state index in [0.717, 1.165) is 5.56 Å². The van der Waals surface area contributed by atoms with Crippen LogP contribution in [0.25, 0.3) is 4.72 Å². The van der Waals surface area contributed by atoms with Crippen LogP contribution in [0.1, 0.15) is 19.4 Å². The van der Waals surface area contributed by atoms with E-state index in [1.54, 1.807) is 12.1 Å². The molecule has 0 bridgehead atoms. The third kappa shape index (κ3) is 4.26. The Balaban J connectivity index is 2.98. The number of aryl methyl sites for hydroxylation is 1.